The Morgan fingerprint density at radius 3 is 2.68 bits per heavy atom. The van der Waals surface area contributed by atoms with Crippen LogP contribution in [-0.2, 0) is 17.9 Å². The summed E-state index contributed by atoms with van der Waals surface area (Å²) in [6.07, 6.45) is 1.41. The molecule has 4 rings (SSSR count). The van der Waals surface area contributed by atoms with Gasteiger partial charge in [-0.25, -0.2) is 9.67 Å². The first kappa shape index (κ1) is 18.1. The second-order valence-electron chi connectivity index (χ2n) is 6.13. The predicted molar refractivity (Wildman–Crippen MR) is 105 cm³/mol. The number of hydrogen-bond donors (Lipinski definition) is 0. The summed E-state index contributed by atoms with van der Waals surface area (Å²) in [5.41, 5.74) is 1.46. The number of tetrazole rings is 1. The maximum absolute atomic E-state index is 12.5. The molecule has 0 aliphatic carbocycles. The SMILES string of the molecule is O=C(CSc1nnnn1Cc1ccccc1)Cn1cnc2ccccc2c1=O. The molecule has 9 heteroatoms. The number of fused-ring (bicyclic) bond motifs is 1. The third-order valence-corrected chi connectivity index (χ3v) is 5.13. The molecule has 2 aromatic carbocycles. The molecule has 0 aliphatic heterocycles. The molecule has 2 aromatic heterocycles. The molecule has 0 radical (unpaired) electrons. The van der Waals surface area contributed by atoms with Crippen LogP contribution in [0.15, 0.2) is 70.9 Å². The fraction of sp³-hybridized carbons (Fsp3) is 0.158. The molecular formula is C19H16N6O2S. The Kier molecular flexibility index (Phi) is 5.24. The number of nitrogens with zero attached hydrogens (tertiary/aromatic N) is 6. The minimum Gasteiger partial charge on any atom is -0.297 e. The van der Waals surface area contributed by atoms with Crippen molar-refractivity contribution in [3.63, 3.8) is 0 Å². The highest BCUT2D eigenvalue weighted by Gasteiger charge is 2.12. The summed E-state index contributed by atoms with van der Waals surface area (Å²) in [6, 6.07) is 16.9. The second kappa shape index (κ2) is 8.13. The Hall–Kier alpha value is -3.33. The summed E-state index contributed by atoms with van der Waals surface area (Å²) in [5.74, 6) is 0.0486. The van der Waals surface area contributed by atoms with Crippen LogP contribution in [0.2, 0.25) is 0 Å². The molecule has 0 fully saturated rings. The Morgan fingerprint density at radius 1 is 1.04 bits per heavy atom. The fourth-order valence-corrected chi connectivity index (χ4v) is 3.48. The molecule has 28 heavy (non-hydrogen) atoms. The van der Waals surface area contributed by atoms with Crippen LogP contribution in [0.25, 0.3) is 10.9 Å². The van der Waals surface area contributed by atoms with Gasteiger partial charge in [-0.15, -0.1) is 5.10 Å². The molecular weight excluding hydrogens is 376 g/mol. The molecule has 0 saturated carbocycles. The van der Waals surface area contributed by atoms with E-state index < -0.39 is 0 Å². The predicted octanol–water partition coefficient (Wildman–Crippen LogP) is 1.79. The number of hydrogen-bond acceptors (Lipinski definition) is 7. The number of Topliss-reactive ketones (excluding diaryl/α,β-unsaturated/α-hetero) is 1. The summed E-state index contributed by atoms with van der Waals surface area (Å²) in [4.78, 5) is 29.1. The molecule has 140 valence electrons. The third kappa shape index (κ3) is 3.99. The Balaban J connectivity index is 1.41. The summed E-state index contributed by atoms with van der Waals surface area (Å²) in [5, 5.41) is 12.7. The monoisotopic (exact) mass is 392 g/mol. The Bertz CT molecular complexity index is 1170. The van der Waals surface area contributed by atoms with E-state index in [9.17, 15) is 9.59 Å². The Morgan fingerprint density at radius 2 is 1.82 bits per heavy atom. The zero-order valence-electron chi connectivity index (χ0n) is 14.8. The molecule has 4 aromatic rings. The number of rotatable bonds is 7. The molecule has 0 N–H and O–H groups in total. The largest absolute Gasteiger partial charge is 0.297 e. The highest BCUT2D eigenvalue weighted by Crippen LogP contribution is 2.15. The van der Waals surface area contributed by atoms with Gasteiger partial charge in [0.05, 0.1) is 36.1 Å². The Labute approximate surface area is 164 Å². The highest BCUT2D eigenvalue weighted by molar-refractivity contribution is 7.99. The molecule has 0 amide bonds. The molecule has 8 nitrogen and oxygen atoms in total. The minimum atomic E-state index is -0.224. The number of ketones is 1. The van der Waals surface area contributed by atoms with Gasteiger partial charge in [-0.3, -0.25) is 14.2 Å². The summed E-state index contributed by atoms with van der Waals surface area (Å²) < 4.78 is 2.98. The van der Waals surface area contributed by atoms with Crippen LogP contribution in [-0.4, -0.2) is 41.3 Å². The van der Waals surface area contributed by atoms with E-state index in [2.05, 4.69) is 20.5 Å². The van der Waals surface area contributed by atoms with Crippen LogP contribution in [0.3, 0.4) is 0 Å². The van der Waals surface area contributed by atoms with Crippen molar-refractivity contribution in [3.05, 3.63) is 76.8 Å². The van der Waals surface area contributed by atoms with Crippen molar-refractivity contribution in [1.29, 1.82) is 0 Å². The van der Waals surface area contributed by atoms with Gasteiger partial charge in [0.2, 0.25) is 5.16 Å². The summed E-state index contributed by atoms with van der Waals surface area (Å²) >= 11 is 1.25. The minimum absolute atomic E-state index is 0.0378. The van der Waals surface area contributed by atoms with E-state index in [1.807, 2.05) is 36.4 Å². The maximum Gasteiger partial charge on any atom is 0.261 e. The number of aromatic nitrogens is 6. The molecule has 0 bridgehead atoms. The molecule has 0 unspecified atom stereocenters. The van der Waals surface area contributed by atoms with E-state index in [-0.39, 0.29) is 23.6 Å². The first-order valence-corrected chi connectivity index (χ1v) is 9.58. The number of carbonyl (C=O) groups is 1. The third-order valence-electron chi connectivity index (χ3n) is 4.11. The van der Waals surface area contributed by atoms with Crippen molar-refractivity contribution in [2.75, 3.05) is 5.75 Å². The second-order valence-corrected chi connectivity index (χ2v) is 7.07. The first-order valence-electron chi connectivity index (χ1n) is 8.59. The average molecular weight is 392 g/mol. The van der Waals surface area contributed by atoms with Gasteiger partial charge in [0.25, 0.3) is 5.56 Å². The quantitative estimate of drug-likeness (QED) is 0.443. The molecule has 0 spiro atoms. The van der Waals surface area contributed by atoms with E-state index in [4.69, 9.17) is 0 Å². The van der Waals surface area contributed by atoms with Gasteiger partial charge >= 0.3 is 0 Å². The van der Waals surface area contributed by atoms with Crippen LogP contribution in [0.5, 0.6) is 0 Å². The van der Waals surface area contributed by atoms with Gasteiger partial charge in [-0.1, -0.05) is 54.2 Å². The molecule has 0 saturated heterocycles. The topological polar surface area (TPSA) is 95.6 Å². The number of benzene rings is 2. The smallest absolute Gasteiger partial charge is 0.261 e. The molecule has 0 atom stereocenters. The lowest BCUT2D eigenvalue weighted by Crippen LogP contribution is -2.25. The van der Waals surface area contributed by atoms with Crippen molar-refractivity contribution in [2.24, 2.45) is 0 Å². The standard InChI is InChI=1S/C19H16N6O2S/c26-15(11-24-13-20-17-9-5-4-8-16(17)18(24)27)12-28-19-21-22-23-25(19)10-14-6-2-1-3-7-14/h1-9,13H,10-12H2. The van der Waals surface area contributed by atoms with Crippen molar-refractivity contribution >= 4 is 28.4 Å². The van der Waals surface area contributed by atoms with Crippen molar-refractivity contribution in [3.8, 4) is 0 Å². The number of para-hydroxylation sites is 1. The van der Waals surface area contributed by atoms with Crippen molar-refractivity contribution in [1.82, 2.24) is 29.8 Å². The number of carbonyl (C=O) groups excluding carboxylic acids is 1. The van der Waals surface area contributed by atoms with Gasteiger partial charge in [0.15, 0.2) is 5.78 Å². The van der Waals surface area contributed by atoms with Crippen LogP contribution < -0.4 is 5.56 Å². The maximum atomic E-state index is 12.5. The van der Waals surface area contributed by atoms with Gasteiger partial charge in [0.1, 0.15) is 0 Å². The lowest BCUT2D eigenvalue weighted by molar-refractivity contribution is -0.117. The van der Waals surface area contributed by atoms with E-state index in [0.29, 0.717) is 22.6 Å². The first-order chi connectivity index (χ1) is 13.7. The number of thioether (sulfide) groups is 1. The normalized spacial score (nSPS) is 11.0. The fourth-order valence-electron chi connectivity index (χ4n) is 2.75. The lowest BCUT2D eigenvalue weighted by atomic mass is 10.2. The van der Waals surface area contributed by atoms with E-state index >= 15 is 0 Å². The van der Waals surface area contributed by atoms with Crippen LogP contribution >= 0.6 is 11.8 Å². The van der Waals surface area contributed by atoms with E-state index in [1.165, 1.54) is 22.7 Å². The van der Waals surface area contributed by atoms with Crippen molar-refractivity contribution in [2.45, 2.75) is 18.2 Å². The van der Waals surface area contributed by atoms with E-state index in [0.717, 1.165) is 5.56 Å². The summed E-state index contributed by atoms with van der Waals surface area (Å²) in [7, 11) is 0. The summed E-state index contributed by atoms with van der Waals surface area (Å²) in [6.45, 7) is 0.488. The van der Waals surface area contributed by atoms with Gasteiger partial charge in [0, 0.05) is 0 Å². The molecule has 2 heterocycles. The van der Waals surface area contributed by atoms with Gasteiger partial charge in [-0.05, 0) is 28.1 Å². The van der Waals surface area contributed by atoms with Gasteiger partial charge in [-0.2, -0.15) is 0 Å². The average Bonchev–Trinajstić information content (AvgIpc) is 3.16. The zero-order chi connectivity index (χ0) is 19.3. The lowest BCUT2D eigenvalue weighted by Gasteiger charge is -2.06. The highest BCUT2D eigenvalue weighted by atomic mass is 32.2. The van der Waals surface area contributed by atoms with E-state index in [1.54, 1.807) is 22.9 Å². The van der Waals surface area contributed by atoms with Crippen molar-refractivity contribution < 1.29 is 4.79 Å². The molecule has 0 aliphatic rings. The van der Waals surface area contributed by atoms with Crippen LogP contribution in [0.4, 0.5) is 0 Å². The zero-order valence-corrected chi connectivity index (χ0v) is 15.6. The van der Waals surface area contributed by atoms with Gasteiger partial charge < -0.3 is 0 Å². The van der Waals surface area contributed by atoms with Crippen LogP contribution in [0.1, 0.15) is 5.56 Å². The van der Waals surface area contributed by atoms with Crippen LogP contribution in [0, 0.1) is 0 Å².